The molecule has 1 heterocycles. The molecule has 1 aromatic heterocycles. The van der Waals surface area contributed by atoms with Gasteiger partial charge in [-0.2, -0.15) is 18.4 Å². The van der Waals surface area contributed by atoms with E-state index in [1.165, 1.54) is 12.1 Å². The van der Waals surface area contributed by atoms with Crippen LogP contribution < -0.4 is 4.90 Å². The summed E-state index contributed by atoms with van der Waals surface area (Å²) < 4.78 is 37.4. The van der Waals surface area contributed by atoms with Crippen LogP contribution >= 0.6 is 0 Å². The number of pyridine rings is 1. The molecule has 1 aromatic carbocycles. The number of halogens is 3. The fourth-order valence-corrected chi connectivity index (χ4v) is 1.84. The van der Waals surface area contributed by atoms with Crippen LogP contribution in [0.3, 0.4) is 0 Å². The first-order chi connectivity index (χ1) is 9.90. The van der Waals surface area contributed by atoms with Crippen LogP contribution in [0.25, 0.3) is 0 Å². The SMILES string of the molecule is CN(Cc1ccc(C(F)(F)F)cc1)c1ccc(C#N)nc1. The molecule has 6 heteroatoms. The molecule has 0 saturated heterocycles. The molecule has 0 radical (unpaired) electrons. The normalized spacial score (nSPS) is 11.0. The molecular formula is C15H12F3N3. The molecule has 0 saturated carbocycles. The summed E-state index contributed by atoms with van der Waals surface area (Å²) in [5, 5.41) is 8.68. The van der Waals surface area contributed by atoms with Crippen molar-refractivity contribution >= 4 is 5.69 Å². The molecule has 3 nitrogen and oxygen atoms in total. The zero-order chi connectivity index (χ0) is 15.5. The third kappa shape index (κ3) is 3.72. The van der Waals surface area contributed by atoms with Crippen LogP contribution in [0.5, 0.6) is 0 Å². The fourth-order valence-electron chi connectivity index (χ4n) is 1.84. The summed E-state index contributed by atoms with van der Waals surface area (Å²) in [5.41, 5.74) is 1.21. The van der Waals surface area contributed by atoms with E-state index in [1.54, 1.807) is 25.4 Å². The van der Waals surface area contributed by atoms with Gasteiger partial charge in [0.2, 0.25) is 0 Å². The van der Waals surface area contributed by atoms with E-state index in [-0.39, 0.29) is 0 Å². The first-order valence-electron chi connectivity index (χ1n) is 6.13. The molecule has 0 atom stereocenters. The Morgan fingerprint density at radius 2 is 1.81 bits per heavy atom. The highest BCUT2D eigenvalue weighted by molar-refractivity contribution is 5.45. The zero-order valence-corrected chi connectivity index (χ0v) is 11.2. The summed E-state index contributed by atoms with van der Waals surface area (Å²) in [5.74, 6) is 0. The van der Waals surface area contributed by atoms with Gasteiger partial charge in [0.25, 0.3) is 0 Å². The van der Waals surface area contributed by atoms with Crippen molar-refractivity contribution in [3.8, 4) is 6.07 Å². The van der Waals surface area contributed by atoms with Gasteiger partial charge in [-0.3, -0.25) is 0 Å². The smallest absolute Gasteiger partial charge is 0.369 e. The van der Waals surface area contributed by atoms with Crippen molar-refractivity contribution in [2.75, 3.05) is 11.9 Å². The molecule has 0 aliphatic rings. The van der Waals surface area contributed by atoms with Crippen molar-refractivity contribution in [2.24, 2.45) is 0 Å². The molecule has 0 amide bonds. The Kier molecular flexibility index (Phi) is 4.13. The monoisotopic (exact) mass is 291 g/mol. The largest absolute Gasteiger partial charge is 0.416 e. The van der Waals surface area contributed by atoms with Crippen LogP contribution in [0.2, 0.25) is 0 Å². The molecule has 0 fully saturated rings. The van der Waals surface area contributed by atoms with Gasteiger partial charge >= 0.3 is 6.18 Å². The molecule has 0 bridgehead atoms. The van der Waals surface area contributed by atoms with E-state index in [0.29, 0.717) is 12.2 Å². The summed E-state index contributed by atoms with van der Waals surface area (Å²) in [6.45, 7) is 0.450. The molecule has 2 aromatic rings. The molecule has 2 rings (SSSR count). The molecule has 0 aliphatic carbocycles. The van der Waals surface area contributed by atoms with Crippen LogP contribution in [-0.2, 0) is 12.7 Å². The van der Waals surface area contributed by atoms with Crippen LogP contribution in [0, 0.1) is 11.3 Å². The number of nitrogens with zero attached hydrogens (tertiary/aromatic N) is 3. The number of benzene rings is 1. The second-order valence-electron chi connectivity index (χ2n) is 4.56. The molecule has 0 aliphatic heterocycles. The van der Waals surface area contributed by atoms with E-state index in [0.717, 1.165) is 23.4 Å². The fraction of sp³-hybridized carbons (Fsp3) is 0.200. The minimum atomic E-state index is -4.32. The number of rotatable bonds is 3. The van der Waals surface area contributed by atoms with Gasteiger partial charge in [-0.05, 0) is 29.8 Å². The quantitative estimate of drug-likeness (QED) is 0.867. The predicted molar refractivity (Wildman–Crippen MR) is 72.5 cm³/mol. The van der Waals surface area contributed by atoms with Gasteiger partial charge in [0.1, 0.15) is 11.8 Å². The molecule has 0 N–H and O–H groups in total. The van der Waals surface area contributed by atoms with Crippen molar-refractivity contribution in [3.05, 3.63) is 59.4 Å². The lowest BCUT2D eigenvalue weighted by Gasteiger charge is -2.19. The summed E-state index contributed by atoms with van der Waals surface area (Å²) in [6.07, 6.45) is -2.76. The van der Waals surface area contributed by atoms with Crippen molar-refractivity contribution in [1.29, 1.82) is 5.26 Å². The zero-order valence-electron chi connectivity index (χ0n) is 11.2. The Morgan fingerprint density at radius 1 is 1.14 bits per heavy atom. The molecule has 0 spiro atoms. The standard InChI is InChI=1S/C15H12F3N3/c1-21(14-7-6-13(8-19)20-9-14)10-11-2-4-12(5-3-11)15(16,17)18/h2-7,9H,10H2,1H3. The lowest BCUT2D eigenvalue weighted by Crippen LogP contribution is -2.16. The van der Waals surface area contributed by atoms with E-state index in [2.05, 4.69) is 4.98 Å². The Bertz CT molecular complexity index is 640. The summed E-state index contributed by atoms with van der Waals surface area (Å²) in [7, 11) is 1.81. The van der Waals surface area contributed by atoms with Crippen LogP contribution in [-0.4, -0.2) is 12.0 Å². The molecule has 0 unspecified atom stereocenters. The number of hydrogen-bond donors (Lipinski definition) is 0. The van der Waals surface area contributed by atoms with E-state index >= 15 is 0 Å². The first-order valence-corrected chi connectivity index (χ1v) is 6.13. The van der Waals surface area contributed by atoms with Crippen molar-refractivity contribution in [2.45, 2.75) is 12.7 Å². The number of hydrogen-bond acceptors (Lipinski definition) is 3. The Balaban J connectivity index is 2.08. The summed E-state index contributed by atoms with van der Waals surface area (Å²) in [6, 6.07) is 10.3. The van der Waals surface area contributed by atoms with Crippen LogP contribution in [0.1, 0.15) is 16.8 Å². The van der Waals surface area contributed by atoms with Crippen LogP contribution in [0.15, 0.2) is 42.6 Å². The summed E-state index contributed by atoms with van der Waals surface area (Å²) >= 11 is 0. The predicted octanol–water partition coefficient (Wildman–Crippen LogP) is 3.61. The number of nitriles is 1. The van der Waals surface area contributed by atoms with Gasteiger partial charge in [-0.25, -0.2) is 4.98 Å². The Hall–Kier alpha value is -2.55. The van der Waals surface area contributed by atoms with Gasteiger partial charge in [0.05, 0.1) is 17.4 Å². The van der Waals surface area contributed by atoms with Crippen molar-refractivity contribution < 1.29 is 13.2 Å². The van der Waals surface area contributed by atoms with E-state index in [1.807, 2.05) is 11.0 Å². The topological polar surface area (TPSA) is 39.9 Å². The maximum absolute atomic E-state index is 12.5. The highest BCUT2D eigenvalue weighted by Gasteiger charge is 2.29. The van der Waals surface area contributed by atoms with Gasteiger partial charge in [0.15, 0.2) is 0 Å². The third-order valence-corrected chi connectivity index (χ3v) is 3.00. The van der Waals surface area contributed by atoms with Gasteiger partial charge < -0.3 is 4.90 Å². The lowest BCUT2D eigenvalue weighted by molar-refractivity contribution is -0.137. The molecular weight excluding hydrogens is 279 g/mol. The average Bonchev–Trinajstić information content (AvgIpc) is 2.47. The second kappa shape index (κ2) is 5.83. The second-order valence-corrected chi connectivity index (χ2v) is 4.56. The Labute approximate surface area is 120 Å². The molecule has 108 valence electrons. The van der Waals surface area contributed by atoms with Gasteiger partial charge in [0, 0.05) is 13.6 Å². The lowest BCUT2D eigenvalue weighted by atomic mass is 10.1. The number of anilines is 1. The number of alkyl halides is 3. The van der Waals surface area contributed by atoms with E-state index in [9.17, 15) is 13.2 Å². The van der Waals surface area contributed by atoms with E-state index in [4.69, 9.17) is 5.26 Å². The minimum Gasteiger partial charge on any atom is -0.369 e. The highest BCUT2D eigenvalue weighted by Crippen LogP contribution is 2.29. The van der Waals surface area contributed by atoms with Crippen molar-refractivity contribution in [1.82, 2.24) is 4.98 Å². The van der Waals surface area contributed by atoms with Gasteiger partial charge in [-0.15, -0.1) is 0 Å². The van der Waals surface area contributed by atoms with Crippen LogP contribution in [0.4, 0.5) is 18.9 Å². The van der Waals surface area contributed by atoms with Crippen molar-refractivity contribution in [3.63, 3.8) is 0 Å². The Morgan fingerprint density at radius 3 is 2.29 bits per heavy atom. The highest BCUT2D eigenvalue weighted by atomic mass is 19.4. The first kappa shape index (κ1) is 14.9. The molecule has 21 heavy (non-hydrogen) atoms. The number of aromatic nitrogens is 1. The van der Waals surface area contributed by atoms with E-state index < -0.39 is 11.7 Å². The average molecular weight is 291 g/mol. The van der Waals surface area contributed by atoms with Gasteiger partial charge in [-0.1, -0.05) is 12.1 Å². The maximum Gasteiger partial charge on any atom is 0.416 e. The third-order valence-electron chi connectivity index (χ3n) is 3.00. The minimum absolute atomic E-state index is 0.321. The summed E-state index contributed by atoms with van der Waals surface area (Å²) in [4.78, 5) is 5.80. The maximum atomic E-state index is 12.5.